The first-order chi connectivity index (χ1) is 13.0. The van der Waals surface area contributed by atoms with Gasteiger partial charge in [-0.2, -0.15) is 0 Å². The molecule has 2 heterocycles. The number of carbonyl (C=O) groups excluding carboxylic acids is 1. The number of fused-ring (bicyclic) bond motifs is 3. The first kappa shape index (κ1) is 17.6. The third kappa shape index (κ3) is 2.87. The van der Waals surface area contributed by atoms with Crippen LogP contribution >= 0.6 is 0 Å². The number of ether oxygens (including phenoxy) is 1. The van der Waals surface area contributed by atoms with E-state index in [2.05, 4.69) is 24.4 Å². The van der Waals surface area contributed by atoms with Crippen molar-refractivity contribution in [3.05, 3.63) is 58.4 Å². The van der Waals surface area contributed by atoms with Crippen LogP contribution in [0.15, 0.2) is 30.3 Å². The summed E-state index contributed by atoms with van der Waals surface area (Å²) in [6.07, 6.45) is 1.63. The number of imidazole rings is 1. The number of hydrogen-bond acceptors (Lipinski definition) is 3. The first-order valence-corrected chi connectivity index (χ1v) is 9.50. The maximum Gasteiger partial charge on any atom is 0.251 e. The molecule has 0 saturated heterocycles. The number of amides is 1. The van der Waals surface area contributed by atoms with Crippen LogP contribution in [0.1, 0.15) is 52.3 Å². The van der Waals surface area contributed by atoms with Gasteiger partial charge >= 0.3 is 0 Å². The van der Waals surface area contributed by atoms with Crippen molar-refractivity contribution >= 4 is 16.9 Å². The molecule has 5 nitrogen and oxygen atoms in total. The Bertz CT molecular complexity index is 1040. The summed E-state index contributed by atoms with van der Waals surface area (Å²) in [5.74, 6) is 1.62. The van der Waals surface area contributed by atoms with E-state index in [-0.39, 0.29) is 12.0 Å². The number of aromatic nitrogens is 2. The molecule has 0 spiro atoms. The summed E-state index contributed by atoms with van der Waals surface area (Å²) >= 11 is 0. The Labute approximate surface area is 159 Å². The lowest BCUT2D eigenvalue weighted by Crippen LogP contribution is -2.26. The molecule has 1 aromatic heterocycles. The molecular weight excluding hydrogens is 338 g/mol. The molecule has 27 heavy (non-hydrogen) atoms. The summed E-state index contributed by atoms with van der Waals surface area (Å²) in [4.78, 5) is 17.4. The van der Waals surface area contributed by atoms with Gasteiger partial charge in [0.25, 0.3) is 5.91 Å². The zero-order chi connectivity index (χ0) is 19.1. The van der Waals surface area contributed by atoms with Crippen LogP contribution in [0.25, 0.3) is 11.0 Å². The molecule has 0 radical (unpaired) electrons. The molecule has 2 aromatic carbocycles. The second-order valence-corrected chi connectivity index (χ2v) is 7.18. The van der Waals surface area contributed by atoms with Gasteiger partial charge in [-0.05, 0) is 50.8 Å². The zero-order valence-corrected chi connectivity index (χ0v) is 16.3. The van der Waals surface area contributed by atoms with Gasteiger partial charge in [-0.1, -0.05) is 24.3 Å². The lowest BCUT2D eigenvalue weighted by Gasteiger charge is -2.29. The van der Waals surface area contributed by atoms with Crippen molar-refractivity contribution in [3.8, 4) is 5.75 Å². The Morgan fingerprint density at radius 2 is 2.11 bits per heavy atom. The minimum absolute atomic E-state index is 0.0197. The minimum atomic E-state index is -0.0487. The zero-order valence-electron chi connectivity index (χ0n) is 16.3. The van der Waals surface area contributed by atoms with E-state index in [0.29, 0.717) is 12.1 Å². The van der Waals surface area contributed by atoms with Crippen molar-refractivity contribution in [3.63, 3.8) is 0 Å². The summed E-state index contributed by atoms with van der Waals surface area (Å²) in [5.41, 5.74) is 5.86. The van der Waals surface area contributed by atoms with Crippen LogP contribution in [-0.2, 0) is 13.5 Å². The van der Waals surface area contributed by atoms with Gasteiger partial charge < -0.3 is 14.6 Å². The Balaban J connectivity index is 1.88. The maximum absolute atomic E-state index is 12.7. The molecular formula is C22H25N3O2. The van der Waals surface area contributed by atoms with Gasteiger partial charge in [-0.15, -0.1) is 0 Å². The number of hydrogen-bond donors (Lipinski definition) is 1. The third-order valence-corrected chi connectivity index (χ3v) is 5.49. The molecule has 1 aliphatic heterocycles. The van der Waals surface area contributed by atoms with Gasteiger partial charge in [0.05, 0.1) is 5.52 Å². The maximum atomic E-state index is 12.7. The van der Waals surface area contributed by atoms with Gasteiger partial charge in [-0.3, -0.25) is 4.79 Å². The Morgan fingerprint density at radius 3 is 2.85 bits per heavy atom. The van der Waals surface area contributed by atoms with Crippen LogP contribution in [0, 0.1) is 13.8 Å². The van der Waals surface area contributed by atoms with E-state index in [1.807, 2.05) is 43.7 Å². The molecule has 0 unspecified atom stereocenters. The molecule has 0 aliphatic carbocycles. The van der Waals surface area contributed by atoms with E-state index < -0.39 is 0 Å². The number of nitrogens with zero attached hydrogens (tertiary/aromatic N) is 2. The molecule has 1 atom stereocenters. The molecule has 3 aromatic rings. The van der Waals surface area contributed by atoms with E-state index in [4.69, 9.17) is 9.72 Å². The first-order valence-electron chi connectivity index (χ1n) is 9.50. The molecule has 1 aliphatic rings. The summed E-state index contributed by atoms with van der Waals surface area (Å²) in [6.45, 7) is 6.62. The number of carbonyl (C=O) groups is 1. The van der Waals surface area contributed by atoms with Crippen molar-refractivity contribution < 1.29 is 9.53 Å². The minimum Gasteiger partial charge on any atom is -0.483 e. The highest BCUT2D eigenvalue weighted by Crippen LogP contribution is 2.42. The molecule has 1 N–H and O–H groups in total. The number of benzene rings is 2. The fourth-order valence-corrected chi connectivity index (χ4v) is 3.93. The van der Waals surface area contributed by atoms with Crippen LogP contribution in [-0.4, -0.2) is 22.0 Å². The highest BCUT2D eigenvalue weighted by Gasteiger charge is 2.30. The van der Waals surface area contributed by atoms with Gasteiger partial charge in [-0.25, -0.2) is 4.98 Å². The second-order valence-electron chi connectivity index (χ2n) is 7.18. The summed E-state index contributed by atoms with van der Waals surface area (Å²) in [6, 6.07) is 10.3. The topological polar surface area (TPSA) is 56.2 Å². The number of aryl methyl sites for hydroxylation is 3. The average molecular weight is 363 g/mol. The van der Waals surface area contributed by atoms with Crippen molar-refractivity contribution in [1.82, 2.24) is 14.9 Å². The van der Waals surface area contributed by atoms with E-state index in [9.17, 15) is 4.79 Å². The monoisotopic (exact) mass is 363 g/mol. The normalized spacial score (nSPS) is 16.1. The fraction of sp³-hybridized carbons (Fsp3) is 0.364. The van der Waals surface area contributed by atoms with E-state index in [0.717, 1.165) is 41.0 Å². The third-order valence-electron chi connectivity index (χ3n) is 5.49. The molecule has 0 fully saturated rings. The highest BCUT2D eigenvalue weighted by molar-refractivity contribution is 6.01. The quantitative estimate of drug-likeness (QED) is 0.765. The number of nitrogens with one attached hydrogen (secondary N) is 1. The van der Waals surface area contributed by atoms with Crippen LogP contribution in [0.4, 0.5) is 0 Å². The summed E-state index contributed by atoms with van der Waals surface area (Å²) in [5, 5.41) is 2.93. The molecule has 1 amide bonds. The largest absolute Gasteiger partial charge is 0.483 e. The van der Waals surface area contributed by atoms with Crippen LogP contribution in [0.5, 0.6) is 5.75 Å². The highest BCUT2D eigenvalue weighted by atomic mass is 16.5. The predicted molar refractivity (Wildman–Crippen MR) is 106 cm³/mol. The lowest BCUT2D eigenvalue weighted by molar-refractivity contribution is 0.0952. The van der Waals surface area contributed by atoms with Crippen molar-refractivity contribution in [2.75, 3.05) is 6.54 Å². The Hall–Kier alpha value is -2.82. The molecule has 4 rings (SSSR count). The molecule has 0 saturated carbocycles. The van der Waals surface area contributed by atoms with Crippen molar-refractivity contribution in [2.45, 2.75) is 39.7 Å². The Morgan fingerprint density at radius 1 is 1.33 bits per heavy atom. The van der Waals surface area contributed by atoms with Crippen LogP contribution < -0.4 is 10.1 Å². The Kier molecular flexibility index (Phi) is 4.38. The van der Waals surface area contributed by atoms with Crippen LogP contribution in [0.2, 0.25) is 0 Å². The van der Waals surface area contributed by atoms with Gasteiger partial charge in [0.1, 0.15) is 17.4 Å². The average Bonchev–Trinajstić information content (AvgIpc) is 2.96. The summed E-state index contributed by atoms with van der Waals surface area (Å²) in [7, 11) is 1.97. The standard InChI is InChI=1S/C22H25N3O2/c1-5-23-22(26)17-12-18-20(24-14(3)25(18)4)21-16(17)10-11-19(27-21)15-9-7-6-8-13(15)2/h6-9,12,19H,5,10-11H2,1-4H3,(H,23,26)/t19-/m0/s1. The smallest absolute Gasteiger partial charge is 0.251 e. The number of rotatable bonds is 3. The molecule has 140 valence electrons. The van der Waals surface area contributed by atoms with Gasteiger partial charge in [0.2, 0.25) is 0 Å². The van der Waals surface area contributed by atoms with E-state index in [1.54, 1.807) is 0 Å². The summed E-state index contributed by atoms with van der Waals surface area (Å²) < 4.78 is 8.51. The predicted octanol–water partition coefficient (Wildman–Crippen LogP) is 4.01. The van der Waals surface area contributed by atoms with E-state index >= 15 is 0 Å². The lowest BCUT2D eigenvalue weighted by atomic mass is 9.91. The van der Waals surface area contributed by atoms with Crippen molar-refractivity contribution in [2.24, 2.45) is 7.05 Å². The molecule has 0 bridgehead atoms. The van der Waals surface area contributed by atoms with Gasteiger partial charge in [0, 0.05) is 24.7 Å². The molecule has 5 heteroatoms. The van der Waals surface area contributed by atoms with E-state index in [1.165, 1.54) is 11.1 Å². The second kappa shape index (κ2) is 6.72. The van der Waals surface area contributed by atoms with Crippen molar-refractivity contribution in [1.29, 1.82) is 0 Å². The fourth-order valence-electron chi connectivity index (χ4n) is 3.93. The van der Waals surface area contributed by atoms with Gasteiger partial charge in [0.15, 0.2) is 5.75 Å². The SMILES string of the molecule is CCNC(=O)c1cc2c(nc(C)n2C)c2c1CC[C@@H](c1ccccc1C)O2. The van der Waals surface area contributed by atoms with Crippen LogP contribution in [0.3, 0.4) is 0 Å².